The van der Waals surface area contributed by atoms with Gasteiger partial charge in [-0.1, -0.05) is 19.8 Å². The standard InChI is InChI=1S/C13H20BrN3O/c1-9-3-5-10(6-4-9)7-15-13-16-8-11(14)12(17-13)18-2/h8-10H,3-7H2,1-2H3,(H,15,16,17). The van der Waals surface area contributed by atoms with Crippen molar-refractivity contribution in [1.82, 2.24) is 9.97 Å². The topological polar surface area (TPSA) is 47.0 Å². The maximum atomic E-state index is 5.15. The molecule has 0 amide bonds. The molecule has 0 radical (unpaired) electrons. The van der Waals surface area contributed by atoms with Gasteiger partial charge in [-0.3, -0.25) is 0 Å². The first-order valence-corrected chi connectivity index (χ1v) is 7.28. The van der Waals surface area contributed by atoms with Crippen LogP contribution in [0.3, 0.4) is 0 Å². The summed E-state index contributed by atoms with van der Waals surface area (Å²) in [4.78, 5) is 8.54. The minimum absolute atomic E-state index is 0.574. The van der Waals surface area contributed by atoms with Crippen LogP contribution in [-0.2, 0) is 0 Å². The van der Waals surface area contributed by atoms with Gasteiger partial charge in [0, 0.05) is 6.54 Å². The second-order valence-electron chi connectivity index (χ2n) is 5.06. The highest BCUT2D eigenvalue weighted by atomic mass is 79.9. The second-order valence-corrected chi connectivity index (χ2v) is 5.91. The molecule has 4 nitrogen and oxygen atoms in total. The highest BCUT2D eigenvalue weighted by Gasteiger charge is 2.18. The number of nitrogens with zero attached hydrogens (tertiary/aromatic N) is 2. The van der Waals surface area contributed by atoms with Crippen molar-refractivity contribution in [2.24, 2.45) is 11.8 Å². The third-order valence-electron chi connectivity index (χ3n) is 3.59. The smallest absolute Gasteiger partial charge is 0.232 e. The summed E-state index contributed by atoms with van der Waals surface area (Å²) in [5, 5.41) is 3.31. The van der Waals surface area contributed by atoms with Gasteiger partial charge in [0.25, 0.3) is 0 Å². The van der Waals surface area contributed by atoms with E-state index in [-0.39, 0.29) is 0 Å². The van der Waals surface area contributed by atoms with E-state index in [9.17, 15) is 0 Å². The van der Waals surface area contributed by atoms with Gasteiger partial charge in [0.05, 0.1) is 17.8 Å². The first kappa shape index (κ1) is 13.6. The van der Waals surface area contributed by atoms with Crippen LogP contribution in [0.4, 0.5) is 5.95 Å². The van der Waals surface area contributed by atoms with Crippen LogP contribution in [0.25, 0.3) is 0 Å². The van der Waals surface area contributed by atoms with E-state index in [1.807, 2.05) is 0 Å². The van der Waals surface area contributed by atoms with Crippen molar-refractivity contribution in [3.05, 3.63) is 10.7 Å². The number of rotatable bonds is 4. The van der Waals surface area contributed by atoms with Gasteiger partial charge in [-0.15, -0.1) is 0 Å². The largest absolute Gasteiger partial charge is 0.480 e. The number of nitrogens with one attached hydrogen (secondary N) is 1. The number of hydrogen-bond donors (Lipinski definition) is 1. The molecule has 1 saturated carbocycles. The van der Waals surface area contributed by atoms with Crippen LogP contribution >= 0.6 is 15.9 Å². The third kappa shape index (κ3) is 3.57. The molecule has 1 fully saturated rings. The Balaban J connectivity index is 1.86. The van der Waals surface area contributed by atoms with Crippen molar-refractivity contribution in [3.63, 3.8) is 0 Å². The second kappa shape index (κ2) is 6.36. The molecule has 0 saturated heterocycles. The van der Waals surface area contributed by atoms with E-state index in [0.717, 1.165) is 22.9 Å². The molecule has 0 unspecified atom stereocenters. The van der Waals surface area contributed by atoms with E-state index in [1.54, 1.807) is 13.3 Å². The highest BCUT2D eigenvalue weighted by Crippen LogP contribution is 2.28. The first-order valence-electron chi connectivity index (χ1n) is 6.49. The Morgan fingerprint density at radius 3 is 2.78 bits per heavy atom. The summed E-state index contributed by atoms with van der Waals surface area (Å²) in [6, 6.07) is 0. The molecule has 1 aromatic heterocycles. The highest BCUT2D eigenvalue weighted by molar-refractivity contribution is 9.10. The lowest BCUT2D eigenvalue weighted by atomic mass is 9.83. The fourth-order valence-electron chi connectivity index (χ4n) is 2.35. The normalized spacial score (nSPS) is 23.7. The van der Waals surface area contributed by atoms with Crippen molar-refractivity contribution in [3.8, 4) is 5.88 Å². The maximum absolute atomic E-state index is 5.15. The molecule has 0 spiro atoms. The molecule has 0 aliphatic heterocycles. The quantitative estimate of drug-likeness (QED) is 0.924. The van der Waals surface area contributed by atoms with Crippen molar-refractivity contribution >= 4 is 21.9 Å². The Labute approximate surface area is 117 Å². The molecule has 2 rings (SSSR count). The van der Waals surface area contributed by atoms with Crippen molar-refractivity contribution < 1.29 is 4.74 Å². The molecule has 1 heterocycles. The van der Waals surface area contributed by atoms with E-state index < -0.39 is 0 Å². The maximum Gasteiger partial charge on any atom is 0.232 e. The molecular weight excluding hydrogens is 294 g/mol. The Kier molecular flexibility index (Phi) is 4.80. The molecule has 0 aromatic carbocycles. The molecule has 1 N–H and O–H groups in total. The van der Waals surface area contributed by atoms with Gasteiger partial charge in [-0.25, -0.2) is 4.98 Å². The number of ether oxygens (including phenoxy) is 1. The summed E-state index contributed by atoms with van der Waals surface area (Å²) in [5.74, 6) is 2.86. The van der Waals surface area contributed by atoms with Gasteiger partial charge in [0.15, 0.2) is 0 Å². The van der Waals surface area contributed by atoms with Crippen molar-refractivity contribution in [2.75, 3.05) is 19.0 Å². The van der Waals surface area contributed by atoms with Crippen LogP contribution in [0.15, 0.2) is 10.7 Å². The van der Waals surface area contributed by atoms with Gasteiger partial charge < -0.3 is 10.1 Å². The lowest BCUT2D eigenvalue weighted by molar-refractivity contribution is 0.300. The van der Waals surface area contributed by atoms with Crippen LogP contribution < -0.4 is 10.1 Å². The molecule has 5 heteroatoms. The van der Waals surface area contributed by atoms with E-state index in [4.69, 9.17) is 4.74 Å². The number of hydrogen-bond acceptors (Lipinski definition) is 4. The Morgan fingerprint density at radius 2 is 2.11 bits per heavy atom. The summed E-state index contributed by atoms with van der Waals surface area (Å²) in [5.41, 5.74) is 0. The fraction of sp³-hybridized carbons (Fsp3) is 0.692. The summed E-state index contributed by atoms with van der Waals surface area (Å²) in [6.45, 7) is 3.30. The fourth-order valence-corrected chi connectivity index (χ4v) is 2.70. The summed E-state index contributed by atoms with van der Waals surface area (Å²) in [6.07, 6.45) is 7.02. The molecule has 0 bridgehead atoms. The van der Waals surface area contributed by atoms with Crippen LogP contribution in [0.1, 0.15) is 32.6 Å². The molecule has 18 heavy (non-hydrogen) atoms. The Morgan fingerprint density at radius 1 is 1.39 bits per heavy atom. The van der Waals surface area contributed by atoms with E-state index in [1.165, 1.54) is 25.7 Å². The molecule has 1 aliphatic carbocycles. The average molecular weight is 314 g/mol. The average Bonchev–Trinajstić information content (AvgIpc) is 2.39. The van der Waals surface area contributed by atoms with E-state index in [2.05, 4.69) is 38.1 Å². The summed E-state index contributed by atoms with van der Waals surface area (Å²) < 4.78 is 5.93. The molecule has 100 valence electrons. The monoisotopic (exact) mass is 313 g/mol. The summed E-state index contributed by atoms with van der Waals surface area (Å²) in [7, 11) is 1.61. The Hall–Kier alpha value is -0.840. The molecular formula is C13H20BrN3O. The van der Waals surface area contributed by atoms with Crippen molar-refractivity contribution in [1.29, 1.82) is 0 Å². The third-order valence-corrected chi connectivity index (χ3v) is 4.13. The van der Waals surface area contributed by atoms with Gasteiger partial charge in [0.2, 0.25) is 11.8 Å². The molecule has 1 aliphatic rings. The lowest BCUT2D eigenvalue weighted by Gasteiger charge is -2.26. The number of halogens is 1. The van der Waals surface area contributed by atoms with Gasteiger partial charge in [0.1, 0.15) is 0 Å². The SMILES string of the molecule is COc1nc(NCC2CCC(C)CC2)ncc1Br. The number of methoxy groups -OCH3 is 1. The molecule has 0 atom stereocenters. The zero-order chi connectivity index (χ0) is 13.0. The van der Waals surface area contributed by atoms with Gasteiger partial charge in [-0.2, -0.15) is 4.98 Å². The van der Waals surface area contributed by atoms with Crippen LogP contribution in [0.5, 0.6) is 5.88 Å². The predicted molar refractivity (Wildman–Crippen MR) is 75.9 cm³/mol. The van der Waals surface area contributed by atoms with Crippen LogP contribution in [0, 0.1) is 11.8 Å². The zero-order valence-corrected chi connectivity index (χ0v) is 12.5. The van der Waals surface area contributed by atoms with E-state index in [0.29, 0.717) is 11.8 Å². The predicted octanol–water partition coefficient (Wildman–Crippen LogP) is 3.49. The van der Waals surface area contributed by atoms with Crippen LogP contribution in [-0.4, -0.2) is 23.6 Å². The minimum Gasteiger partial charge on any atom is -0.480 e. The van der Waals surface area contributed by atoms with Gasteiger partial charge in [-0.05, 0) is 40.6 Å². The molecule has 1 aromatic rings. The lowest BCUT2D eigenvalue weighted by Crippen LogP contribution is -2.21. The van der Waals surface area contributed by atoms with Gasteiger partial charge >= 0.3 is 0 Å². The van der Waals surface area contributed by atoms with E-state index >= 15 is 0 Å². The van der Waals surface area contributed by atoms with Crippen molar-refractivity contribution in [2.45, 2.75) is 32.6 Å². The first-order chi connectivity index (χ1) is 8.69. The number of anilines is 1. The number of aromatic nitrogens is 2. The minimum atomic E-state index is 0.574. The Bertz CT molecular complexity index is 392. The summed E-state index contributed by atoms with van der Waals surface area (Å²) >= 11 is 3.35. The van der Waals surface area contributed by atoms with Crippen LogP contribution in [0.2, 0.25) is 0 Å². The zero-order valence-electron chi connectivity index (χ0n) is 10.9.